The van der Waals surface area contributed by atoms with Crippen molar-refractivity contribution in [3.8, 4) is 0 Å². The van der Waals surface area contributed by atoms with E-state index in [1.165, 1.54) is 12.0 Å². The lowest BCUT2D eigenvalue weighted by molar-refractivity contribution is 0.173. The van der Waals surface area contributed by atoms with Crippen LogP contribution >= 0.6 is 0 Å². The zero-order chi connectivity index (χ0) is 13.7. The van der Waals surface area contributed by atoms with Gasteiger partial charge in [-0.05, 0) is 37.9 Å². The van der Waals surface area contributed by atoms with Crippen LogP contribution in [-0.2, 0) is 0 Å². The monoisotopic (exact) mass is 263 g/mol. The van der Waals surface area contributed by atoms with E-state index in [-0.39, 0.29) is 0 Å². The molecule has 0 aromatic carbocycles. The van der Waals surface area contributed by atoms with Gasteiger partial charge in [0.1, 0.15) is 0 Å². The first-order chi connectivity index (χ1) is 9.24. The van der Waals surface area contributed by atoms with Crippen LogP contribution in [0.25, 0.3) is 0 Å². The van der Waals surface area contributed by atoms with E-state index >= 15 is 0 Å². The average Bonchev–Trinajstić information content (AvgIpc) is 2.45. The quantitative estimate of drug-likeness (QED) is 0.860. The summed E-state index contributed by atoms with van der Waals surface area (Å²) in [5.74, 6) is 1.01. The molecule has 2 heterocycles. The van der Waals surface area contributed by atoms with Gasteiger partial charge in [-0.1, -0.05) is 6.92 Å². The van der Waals surface area contributed by atoms with Gasteiger partial charge < -0.3 is 10.6 Å². The van der Waals surface area contributed by atoms with Crippen LogP contribution in [0.15, 0.2) is 12.3 Å². The van der Waals surface area contributed by atoms with Gasteiger partial charge in [-0.25, -0.2) is 0 Å². The molecule has 1 unspecified atom stereocenters. The van der Waals surface area contributed by atoms with E-state index < -0.39 is 0 Å². The van der Waals surface area contributed by atoms with Crippen molar-refractivity contribution in [3.05, 3.63) is 17.8 Å². The van der Waals surface area contributed by atoms with Gasteiger partial charge in [0.05, 0.1) is 6.20 Å². The van der Waals surface area contributed by atoms with E-state index in [1.807, 2.05) is 0 Å². The lowest BCUT2D eigenvalue weighted by Gasteiger charge is -2.39. The molecule has 0 saturated carbocycles. The van der Waals surface area contributed by atoms with Crippen molar-refractivity contribution in [1.82, 2.24) is 15.1 Å². The molecule has 5 nitrogen and oxygen atoms in total. The topological polar surface area (TPSA) is 58.3 Å². The zero-order valence-electron chi connectivity index (χ0n) is 12.0. The van der Waals surface area contributed by atoms with Crippen molar-refractivity contribution >= 4 is 5.82 Å². The fourth-order valence-electron chi connectivity index (χ4n) is 2.76. The zero-order valence-corrected chi connectivity index (χ0v) is 12.0. The van der Waals surface area contributed by atoms with E-state index in [0.717, 1.165) is 45.0 Å². The molecule has 2 rings (SSSR count). The Morgan fingerprint density at radius 1 is 1.32 bits per heavy atom. The van der Waals surface area contributed by atoms with Crippen molar-refractivity contribution in [3.63, 3.8) is 0 Å². The fraction of sp³-hybridized carbons (Fsp3) is 0.714. The molecule has 2 N–H and O–H groups in total. The molecule has 1 aliphatic rings. The Labute approximate surface area is 115 Å². The highest BCUT2D eigenvalue weighted by Gasteiger charge is 2.23. The minimum atomic E-state index is 0.635. The number of nitrogens with zero attached hydrogens (tertiary/aromatic N) is 4. The predicted octanol–water partition coefficient (Wildman–Crippen LogP) is 1.03. The summed E-state index contributed by atoms with van der Waals surface area (Å²) in [5.41, 5.74) is 6.86. The van der Waals surface area contributed by atoms with Crippen molar-refractivity contribution in [1.29, 1.82) is 0 Å². The Bertz CT molecular complexity index is 387. The number of nitrogens with two attached hydrogens (primary N) is 1. The van der Waals surface area contributed by atoms with Crippen LogP contribution in [0.1, 0.15) is 25.3 Å². The molecular weight excluding hydrogens is 238 g/mol. The van der Waals surface area contributed by atoms with Crippen molar-refractivity contribution < 1.29 is 0 Å². The van der Waals surface area contributed by atoms with Crippen molar-refractivity contribution in [2.75, 3.05) is 37.6 Å². The first-order valence-electron chi connectivity index (χ1n) is 7.23. The molecule has 1 saturated heterocycles. The molecule has 1 aromatic rings. The van der Waals surface area contributed by atoms with E-state index in [0.29, 0.717) is 6.04 Å². The Kier molecular flexibility index (Phi) is 5.10. The second kappa shape index (κ2) is 6.82. The number of aryl methyl sites for hydroxylation is 1. The molecule has 0 bridgehead atoms. The standard InChI is InChI=1S/C14H25N5/c1-3-13(4-5-15)18-6-8-19(9-7-18)14-10-12(2)11-16-17-14/h10-11,13H,3-9,15H2,1-2H3. The normalized spacial score (nSPS) is 18.6. The van der Waals surface area contributed by atoms with E-state index in [1.54, 1.807) is 6.20 Å². The van der Waals surface area contributed by atoms with Crippen LogP contribution in [0, 0.1) is 6.92 Å². The number of anilines is 1. The molecule has 19 heavy (non-hydrogen) atoms. The molecule has 0 amide bonds. The number of hydrogen-bond donors (Lipinski definition) is 1. The number of piperazine rings is 1. The molecule has 0 aliphatic carbocycles. The van der Waals surface area contributed by atoms with Crippen LogP contribution in [0.2, 0.25) is 0 Å². The second-order valence-corrected chi connectivity index (χ2v) is 5.25. The van der Waals surface area contributed by atoms with E-state index in [4.69, 9.17) is 5.73 Å². The Hall–Kier alpha value is -1.20. The number of rotatable bonds is 5. The first kappa shape index (κ1) is 14.2. The molecule has 0 radical (unpaired) electrons. The SMILES string of the molecule is CCC(CCN)N1CCN(c2cc(C)cnn2)CC1. The first-order valence-corrected chi connectivity index (χ1v) is 7.23. The maximum Gasteiger partial charge on any atom is 0.151 e. The summed E-state index contributed by atoms with van der Waals surface area (Å²) >= 11 is 0. The molecule has 1 aromatic heterocycles. The van der Waals surface area contributed by atoms with E-state index in [2.05, 4.69) is 39.9 Å². The van der Waals surface area contributed by atoms with Gasteiger partial charge in [0, 0.05) is 32.2 Å². The highest BCUT2D eigenvalue weighted by atomic mass is 15.3. The predicted molar refractivity (Wildman–Crippen MR) is 78.3 cm³/mol. The van der Waals surface area contributed by atoms with Crippen LogP contribution in [0.5, 0.6) is 0 Å². The molecular formula is C14H25N5. The average molecular weight is 263 g/mol. The molecule has 1 fully saturated rings. The van der Waals surface area contributed by atoms with E-state index in [9.17, 15) is 0 Å². The minimum absolute atomic E-state index is 0.635. The summed E-state index contributed by atoms with van der Waals surface area (Å²) in [4.78, 5) is 4.89. The van der Waals surface area contributed by atoms with Gasteiger partial charge in [0.2, 0.25) is 0 Å². The van der Waals surface area contributed by atoms with Crippen LogP contribution < -0.4 is 10.6 Å². The Balaban J connectivity index is 1.91. The summed E-state index contributed by atoms with van der Waals surface area (Å²) < 4.78 is 0. The van der Waals surface area contributed by atoms with Gasteiger partial charge >= 0.3 is 0 Å². The highest BCUT2D eigenvalue weighted by Crippen LogP contribution is 2.16. The smallest absolute Gasteiger partial charge is 0.151 e. The Morgan fingerprint density at radius 3 is 2.63 bits per heavy atom. The summed E-state index contributed by atoms with van der Waals surface area (Å²) in [6.45, 7) is 9.32. The number of hydrogen-bond acceptors (Lipinski definition) is 5. The summed E-state index contributed by atoms with van der Waals surface area (Å²) in [5, 5.41) is 8.26. The number of aromatic nitrogens is 2. The van der Waals surface area contributed by atoms with Gasteiger partial charge in [-0.15, -0.1) is 5.10 Å². The third-order valence-corrected chi connectivity index (χ3v) is 3.90. The maximum atomic E-state index is 5.69. The molecule has 1 atom stereocenters. The van der Waals surface area contributed by atoms with Crippen LogP contribution in [0.4, 0.5) is 5.82 Å². The molecule has 0 spiro atoms. The lowest BCUT2D eigenvalue weighted by atomic mass is 10.1. The third-order valence-electron chi connectivity index (χ3n) is 3.90. The van der Waals surface area contributed by atoms with Crippen LogP contribution in [0.3, 0.4) is 0 Å². The van der Waals surface area contributed by atoms with Crippen LogP contribution in [-0.4, -0.2) is 53.9 Å². The maximum absolute atomic E-state index is 5.69. The lowest BCUT2D eigenvalue weighted by Crippen LogP contribution is -2.51. The van der Waals surface area contributed by atoms with Crippen molar-refractivity contribution in [2.24, 2.45) is 5.73 Å². The summed E-state index contributed by atoms with van der Waals surface area (Å²) in [7, 11) is 0. The largest absolute Gasteiger partial charge is 0.353 e. The minimum Gasteiger partial charge on any atom is -0.353 e. The van der Waals surface area contributed by atoms with Gasteiger partial charge in [-0.3, -0.25) is 4.90 Å². The summed E-state index contributed by atoms with van der Waals surface area (Å²) in [6.07, 6.45) is 4.08. The second-order valence-electron chi connectivity index (χ2n) is 5.25. The van der Waals surface area contributed by atoms with Gasteiger partial charge in [-0.2, -0.15) is 5.10 Å². The molecule has 5 heteroatoms. The fourth-order valence-corrected chi connectivity index (χ4v) is 2.76. The van der Waals surface area contributed by atoms with Gasteiger partial charge in [0.15, 0.2) is 5.82 Å². The Morgan fingerprint density at radius 2 is 2.05 bits per heavy atom. The summed E-state index contributed by atoms with van der Waals surface area (Å²) in [6, 6.07) is 2.75. The van der Waals surface area contributed by atoms with Gasteiger partial charge in [0.25, 0.3) is 0 Å². The third kappa shape index (κ3) is 3.64. The highest BCUT2D eigenvalue weighted by molar-refractivity contribution is 5.39. The molecule has 1 aliphatic heterocycles. The van der Waals surface area contributed by atoms with Crippen molar-refractivity contribution in [2.45, 2.75) is 32.7 Å². The molecule has 106 valence electrons.